The van der Waals surface area contributed by atoms with Crippen LogP contribution in [-0.2, 0) is 13.1 Å². The van der Waals surface area contributed by atoms with Gasteiger partial charge in [-0.2, -0.15) is 0 Å². The number of nitrogens with zero attached hydrogens (tertiary/aromatic N) is 1. The lowest BCUT2D eigenvalue weighted by Crippen LogP contribution is -2.36. The van der Waals surface area contributed by atoms with E-state index in [1.165, 1.54) is 16.0 Å². The maximum atomic E-state index is 11.6. The Kier molecular flexibility index (Phi) is 10.2. The van der Waals surface area contributed by atoms with Gasteiger partial charge in [-0.1, -0.05) is 24.3 Å². The summed E-state index contributed by atoms with van der Waals surface area (Å²) in [6.07, 6.45) is 2.09. The molecule has 146 valence electrons. The zero-order chi connectivity index (χ0) is 18.9. The summed E-state index contributed by atoms with van der Waals surface area (Å²) in [5.74, 6) is 0.665. The summed E-state index contributed by atoms with van der Waals surface area (Å²) in [6.45, 7) is 3.45. The van der Waals surface area contributed by atoms with E-state index in [1.54, 1.807) is 25.9 Å². The molecule has 0 aliphatic rings. The first kappa shape index (κ1) is 23.3. The van der Waals surface area contributed by atoms with Crippen LogP contribution < -0.4 is 16.0 Å². The van der Waals surface area contributed by atoms with Crippen molar-refractivity contribution in [2.45, 2.75) is 24.9 Å². The molecule has 2 aromatic carbocycles. The number of carbonyl (C=O) groups excluding carboxylic acids is 1. The van der Waals surface area contributed by atoms with Crippen molar-refractivity contribution < 1.29 is 4.79 Å². The number of nitrogens with one attached hydrogen (secondary N) is 3. The number of thioether (sulfide) groups is 1. The van der Waals surface area contributed by atoms with Crippen LogP contribution in [-0.4, -0.2) is 32.2 Å². The molecule has 0 saturated heterocycles. The molecule has 0 heterocycles. The van der Waals surface area contributed by atoms with Crippen LogP contribution in [0.5, 0.6) is 0 Å². The molecule has 3 N–H and O–H groups in total. The quantitative estimate of drug-likeness (QED) is 0.247. The van der Waals surface area contributed by atoms with Crippen LogP contribution in [0.15, 0.2) is 52.4 Å². The van der Waals surface area contributed by atoms with Crippen molar-refractivity contribution in [3.8, 4) is 0 Å². The van der Waals surface area contributed by atoms with Gasteiger partial charge in [0.2, 0.25) is 0 Å². The molecule has 0 fully saturated rings. The SMILES string of the molecule is CN=C(NCc1ccc(C(=O)NC)cc1)NCc1ccc(C)cc1SC.I. The van der Waals surface area contributed by atoms with E-state index in [0.29, 0.717) is 18.7 Å². The summed E-state index contributed by atoms with van der Waals surface area (Å²) in [7, 11) is 3.39. The second kappa shape index (κ2) is 11.9. The number of aliphatic imine (C=N–C) groups is 1. The Morgan fingerprint density at radius 1 is 1.07 bits per heavy atom. The second-order valence-electron chi connectivity index (χ2n) is 5.87. The van der Waals surface area contributed by atoms with E-state index in [1.807, 2.05) is 24.3 Å². The van der Waals surface area contributed by atoms with Crippen molar-refractivity contribution in [1.29, 1.82) is 0 Å². The van der Waals surface area contributed by atoms with Crippen molar-refractivity contribution in [2.24, 2.45) is 4.99 Å². The Hall–Kier alpha value is -1.74. The molecular formula is C20H27IN4OS. The normalized spacial score (nSPS) is 10.7. The molecule has 0 radical (unpaired) electrons. The van der Waals surface area contributed by atoms with E-state index >= 15 is 0 Å². The summed E-state index contributed by atoms with van der Waals surface area (Å²) in [5.41, 5.74) is 4.25. The molecule has 0 aliphatic heterocycles. The highest BCUT2D eigenvalue weighted by Crippen LogP contribution is 2.21. The second-order valence-corrected chi connectivity index (χ2v) is 6.72. The number of guanidine groups is 1. The van der Waals surface area contributed by atoms with Gasteiger partial charge < -0.3 is 16.0 Å². The Morgan fingerprint density at radius 2 is 1.74 bits per heavy atom. The molecule has 0 atom stereocenters. The largest absolute Gasteiger partial charge is 0.355 e. The third kappa shape index (κ3) is 7.06. The molecule has 1 amide bonds. The molecule has 2 rings (SSSR count). The summed E-state index contributed by atoms with van der Waals surface area (Å²) in [6, 6.07) is 14.0. The van der Waals surface area contributed by atoms with Gasteiger partial charge in [0.25, 0.3) is 5.91 Å². The highest BCUT2D eigenvalue weighted by molar-refractivity contribution is 14.0. The van der Waals surface area contributed by atoms with Gasteiger partial charge in [-0.3, -0.25) is 9.79 Å². The van der Waals surface area contributed by atoms with Gasteiger partial charge in [0.05, 0.1) is 0 Å². The first-order chi connectivity index (χ1) is 12.6. The third-order valence-electron chi connectivity index (χ3n) is 4.02. The van der Waals surface area contributed by atoms with E-state index < -0.39 is 0 Å². The van der Waals surface area contributed by atoms with Gasteiger partial charge in [0, 0.05) is 37.6 Å². The van der Waals surface area contributed by atoms with Crippen LogP contribution in [0.3, 0.4) is 0 Å². The van der Waals surface area contributed by atoms with Gasteiger partial charge >= 0.3 is 0 Å². The average molecular weight is 498 g/mol. The topological polar surface area (TPSA) is 65.5 Å². The molecular weight excluding hydrogens is 471 g/mol. The Bertz CT molecular complexity index is 778. The van der Waals surface area contributed by atoms with Crippen molar-refractivity contribution in [3.05, 3.63) is 64.7 Å². The van der Waals surface area contributed by atoms with Gasteiger partial charge in [-0.05, 0) is 48.1 Å². The number of amides is 1. The average Bonchev–Trinajstić information content (AvgIpc) is 2.68. The number of hydrogen-bond acceptors (Lipinski definition) is 3. The number of carbonyl (C=O) groups is 1. The van der Waals surface area contributed by atoms with E-state index in [2.05, 4.69) is 52.3 Å². The lowest BCUT2D eigenvalue weighted by atomic mass is 10.1. The fourth-order valence-electron chi connectivity index (χ4n) is 2.50. The Balaban J connectivity index is 0.00000364. The minimum Gasteiger partial charge on any atom is -0.355 e. The zero-order valence-electron chi connectivity index (χ0n) is 16.1. The van der Waals surface area contributed by atoms with Crippen molar-refractivity contribution in [3.63, 3.8) is 0 Å². The summed E-state index contributed by atoms with van der Waals surface area (Å²) in [5, 5.41) is 9.27. The third-order valence-corrected chi connectivity index (χ3v) is 4.84. The van der Waals surface area contributed by atoms with E-state index in [-0.39, 0.29) is 29.9 Å². The van der Waals surface area contributed by atoms with E-state index in [4.69, 9.17) is 0 Å². The lowest BCUT2D eigenvalue weighted by Gasteiger charge is -2.14. The molecule has 0 unspecified atom stereocenters. The predicted octanol–water partition coefficient (Wildman–Crippen LogP) is 3.56. The highest BCUT2D eigenvalue weighted by Gasteiger charge is 2.05. The first-order valence-electron chi connectivity index (χ1n) is 8.46. The molecule has 0 aromatic heterocycles. The number of aryl methyl sites for hydroxylation is 1. The number of halogens is 1. The van der Waals surface area contributed by atoms with Crippen LogP contribution in [0, 0.1) is 6.92 Å². The zero-order valence-corrected chi connectivity index (χ0v) is 19.3. The van der Waals surface area contributed by atoms with Gasteiger partial charge in [-0.15, -0.1) is 35.7 Å². The molecule has 0 bridgehead atoms. The van der Waals surface area contributed by atoms with Crippen LogP contribution in [0.4, 0.5) is 0 Å². The molecule has 0 spiro atoms. The molecule has 5 nitrogen and oxygen atoms in total. The fraction of sp³-hybridized carbons (Fsp3) is 0.300. The van der Waals surface area contributed by atoms with Crippen molar-refractivity contribution >= 4 is 47.6 Å². The molecule has 27 heavy (non-hydrogen) atoms. The summed E-state index contributed by atoms with van der Waals surface area (Å²) >= 11 is 1.75. The molecule has 0 aliphatic carbocycles. The highest BCUT2D eigenvalue weighted by atomic mass is 127. The van der Waals surface area contributed by atoms with Crippen LogP contribution in [0.1, 0.15) is 27.0 Å². The fourth-order valence-corrected chi connectivity index (χ4v) is 3.21. The maximum absolute atomic E-state index is 11.6. The Labute approximate surface area is 182 Å². The Morgan fingerprint density at radius 3 is 2.33 bits per heavy atom. The van der Waals surface area contributed by atoms with Crippen molar-refractivity contribution in [2.75, 3.05) is 20.4 Å². The molecule has 2 aromatic rings. The lowest BCUT2D eigenvalue weighted by molar-refractivity contribution is 0.0963. The summed E-state index contributed by atoms with van der Waals surface area (Å²) in [4.78, 5) is 17.1. The van der Waals surface area contributed by atoms with Gasteiger partial charge in [-0.25, -0.2) is 0 Å². The monoisotopic (exact) mass is 498 g/mol. The van der Waals surface area contributed by atoms with Crippen LogP contribution >= 0.6 is 35.7 Å². The smallest absolute Gasteiger partial charge is 0.251 e. The predicted molar refractivity (Wildman–Crippen MR) is 125 cm³/mol. The van der Waals surface area contributed by atoms with Gasteiger partial charge in [0.15, 0.2) is 5.96 Å². The number of benzene rings is 2. The van der Waals surface area contributed by atoms with E-state index in [0.717, 1.165) is 11.5 Å². The first-order valence-corrected chi connectivity index (χ1v) is 9.69. The van der Waals surface area contributed by atoms with Crippen LogP contribution in [0.2, 0.25) is 0 Å². The number of rotatable bonds is 6. The standard InChI is InChI=1S/C20H26N4OS.HI/c1-14-5-8-17(18(11-14)26-4)13-24-20(22-3)23-12-15-6-9-16(10-7-15)19(25)21-2;/h5-11H,12-13H2,1-4H3,(H,21,25)(H2,22,23,24);1H. The molecule has 0 saturated carbocycles. The van der Waals surface area contributed by atoms with Gasteiger partial charge in [0.1, 0.15) is 0 Å². The minimum atomic E-state index is -0.0790. The number of hydrogen-bond donors (Lipinski definition) is 3. The van der Waals surface area contributed by atoms with Crippen LogP contribution in [0.25, 0.3) is 0 Å². The minimum absolute atomic E-state index is 0. The maximum Gasteiger partial charge on any atom is 0.251 e. The van der Waals surface area contributed by atoms with E-state index in [9.17, 15) is 4.79 Å². The molecule has 7 heteroatoms. The summed E-state index contributed by atoms with van der Waals surface area (Å²) < 4.78 is 0. The van der Waals surface area contributed by atoms with Crippen molar-refractivity contribution in [1.82, 2.24) is 16.0 Å².